The van der Waals surface area contributed by atoms with Gasteiger partial charge in [0.25, 0.3) is 0 Å². The number of carbonyl (C=O) groups excluding carboxylic acids is 1. The van der Waals surface area contributed by atoms with Crippen molar-refractivity contribution in [2.75, 3.05) is 6.61 Å². The molecule has 0 saturated carbocycles. The molecule has 0 radical (unpaired) electrons. The summed E-state index contributed by atoms with van der Waals surface area (Å²) in [6.45, 7) is 4.66. The normalized spacial score (nSPS) is 20.0. The van der Waals surface area contributed by atoms with Crippen LogP contribution in [-0.2, 0) is 4.74 Å². The van der Waals surface area contributed by atoms with Gasteiger partial charge in [-0.25, -0.2) is 9.59 Å². The zero-order valence-corrected chi connectivity index (χ0v) is 12.3. The highest BCUT2D eigenvalue weighted by Crippen LogP contribution is 2.34. The lowest BCUT2D eigenvalue weighted by Gasteiger charge is -2.30. The number of carbonyl (C=O) groups is 2. The van der Waals surface area contributed by atoms with Crippen molar-refractivity contribution >= 4 is 11.9 Å². The third kappa shape index (κ3) is 3.94. The maximum absolute atomic E-state index is 12.1. The summed E-state index contributed by atoms with van der Waals surface area (Å²) in [5.74, 6) is -1.51. The van der Waals surface area contributed by atoms with Crippen LogP contribution in [0.4, 0.5) is 0 Å². The van der Waals surface area contributed by atoms with Gasteiger partial charge in [0.05, 0.1) is 17.7 Å². The van der Waals surface area contributed by atoms with Crippen molar-refractivity contribution in [3.8, 4) is 0 Å². The number of ether oxygens (including phenoxy) is 1. The van der Waals surface area contributed by atoms with Gasteiger partial charge in [-0.1, -0.05) is 38.1 Å². The maximum atomic E-state index is 12.1. The molecule has 0 unspecified atom stereocenters. The van der Waals surface area contributed by atoms with Crippen molar-refractivity contribution in [1.29, 1.82) is 0 Å². The van der Waals surface area contributed by atoms with Gasteiger partial charge in [0, 0.05) is 5.92 Å². The molecular formula is C17H20O4. The van der Waals surface area contributed by atoms with Crippen LogP contribution < -0.4 is 0 Å². The molecule has 1 N–H and O–H groups in total. The van der Waals surface area contributed by atoms with Gasteiger partial charge >= 0.3 is 11.9 Å². The first-order valence-corrected chi connectivity index (χ1v) is 7.05. The zero-order chi connectivity index (χ0) is 15.5. The molecule has 2 rings (SSSR count). The predicted octanol–water partition coefficient (Wildman–Crippen LogP) is 3.53. The topological polar surface area (TPSA) is 63.6 Å². The number of carboxylic acid groups (broad SMARTS) is 1. The molecule has 0 aromatic heterocycles. The van der Waals surface area contributed by atoms with E-state index in [1.54, 1.807) is 12.1 Å². The Morgan fingerprint density at radius 2 is 1.95 bits per heavy atom. The smallest absolute Gasteiger partial charge is 0.339 e. The maximum Gasteiger partial charge on any atom is 0.339 e. The monoisotopic (exact) mass is 288 g/mol. The van der Waals surface area contributed by atoms with Gasteiger partial charge in [0.2, 0.25) is 0 Å². The average Bonchev–Trinajstić information content (AvgIpc) is 2.43. The molecule has 1 atom stereocenters. The fourth-order valence-electron chi connectivity index (χ4n) is 2.66. The van der Waals surface area contributed by atoms with Crippen LogP contribution in [0.3, 0.4) is 0 Å². The molecule has 4 nitrogen and oxygen atoms in total. The van der Waals surface area contributed by atoms with E-state index in [0.29, 0.717) is 0 Å². The van der Waals surface area contributed by atoms with Gasteiger partial charge in [-0.05, 0) is 30.4 Å². The van der Waals surface area contributed by atoms with Crippen molar-refractivity contribution in [3.63, 3.8) is 0 Å². The molecule has 0 bridgehead atoms. The molecular weight excluding hydrogens is 268 g/mol. The van der Waals surface area contributed by atoms with Gasteiger partial charge in [-0.3, -0.25) is 0 Å². The second-order valence-corrected chi connectivity index (χ2v) is 6.21. The Morgan fingerprint density at radius 1 is 1.29 bits per heavy atom. The van der Waals surface area contributed by atoms with E-state index in [1.807, 2.05) is 0 Å². The zero-order valence-electron chi connectivity index (χ0n) is 12.3. The highest BCUT2D eigenvalue weighted by Gasteiger charge is 2.26. The Labute approximate surface area is 124 Å². The summed E-state index contributed by atoms with van der Waals surface area (Å²) < 4.78 is 5.30. The fraction of sp³-hybridized carbons (Fsp3) is 0.412. The van der Waals surface area contributed by atoms with Crippen LogP contribution >= 0.6 is 0 Å². The molecule has 4 heteroatoms. The van der Waals surface area contributed by atoms with Gasteiger partial charge in [0.1, 0.15) is 0 Å². The molecule has 0 heterocycles. The first-order valence-electron chi connectivity index (χ1n) is 7.05. The minimum Gasteiger partial charge on any atom is -0.478 e. The SMILES string of the molecule is CC1(C)CC=C[C@H](COC(=O)c2ccccc2C(=O)O)C1. The third-order valence-electron chi connectivity index (χ3n) is 3.70. The first-order chi connectivity index (χ1) is 9.89. The summed E-state index contributed by atoms with van der Waals surface area (Å²) in [5.41, 5.74) is 0.288. The van der Waals surface area contributed by atoms with Crippen LogP contribution in [0.15, 0.2) is 36.4 Å². The largest absolute Gasteiger partial charge is 0.478 e. The van der Waals surface area contributed by atoms with Crippen LogP contribution in [0, 0.1) is 11.3 Å². The summed E-state index contributed by atoms with van der Waals surface area (Å²) in [5, 5.41) is 9.08. The second-order valence-electron chi connectivity index (χ2n) is 6.21. The number of hydrogen-bond donors (Lipinski definition) is 1. The van der Waals surface area contributed by atoms with E-state index in [2.05, 4.69) is 26.0 Å². The van der Waals surface area contributed by atoms with E-state index in [-0.39, 0.29) is 29.1 Å². The molecule has 1 aliphatic rings. The lowest BCUT2D eigenvalue weighted by Crippen LogP contribution is -2.23. The summed E-state index contributed by atoms with van der Waals surface area (Å²) in [4.78, 5) is 23.2. The summed E-state index contributed by atoms with van der Waals surface area (Å²) in [7, 11) is 0. The van der Waals surface area contributed by atoms with Crippen LogP contribution in [-0.4, -0.2) is 23.7 Å². The van der Waals surface area contributed by atoms with E-state index in [9.17, 15) is 9.59 Å². The van der Waals surface area contributed by atoms with Crippen LogP contribution in [0.1, 0.15) is 47.4 Å². The molecule has 112 valence electrons. The summed E-state index contributed by atoms with van der Waals surface area (Å²) in [6, 6.07) is 6.11. The van der Waals surface area contributed by atoms with Gasteiger partial charge < -0.3 is 9.84 Å². The standard InChI is InChI=1S/C17H20O4/c1-17(2)9-5-6-12(10-17)11-21-16(20)14-8-4-3-7-13(14)15(18)19/h3-8,12H,9-11H2,1-2H3,(H,18,19)/t12-/m0/s1. The van der Waals surface area contributed by atoms with Crippen molar-refractivity contribution in [2.24, 2.45) is 11.3 Å². The quantitative estimate of drug-likeness (QED) is 0.680. The van der Waals surface area contributed by atoms with E-state index >= 15 is 0 Å². The average molecular weight is 288 g/mol. The Kier molecular flexibility index (Phi) is 4.46. The third-order valence-corrected chi connectivity index (χ3v) is 3.70. The summed E-state index contributed by atoms with van der Waals surface area (Å²) in [6.07, 6.45) is 6.17. The number of hydrogen-bond acceptors (Lipinski definition) is 3. The van der Waals surface area contributed by atoms with Gasteiger partial charge in [-0.2, -0.15) is 0 Å². The molecule has 1 aromatic rings. The predicted molar refractivity (Wildman–Crippen MR) is 79.3 cm³/mol. The van der Waals surface area contributed by atoms with Gasteiger partial charge in [0.15, 0.2) is 0 Å². The Balaban J connectivity index is 2.01. The Bertz CT molecular complexity index is 572. The minimum absolute atomic E-state index is 0.0259. The minimum atomic E-state index is -1.12. The number of rotatable bonds is 4. The molecule has 0 saturated heterocycles. The van der Waals surface area contributed by atoms with Gasteiger partial charge in [-0.15, -0.1) is 0 Å². The van der Waals surface area contributed by atoms with Crippen molar-refractivity contribution in [2.45, 2.75) is 26.7 Å². The highest BCUT2D eigenvalue weighted by molar-refractivity contribution is 6.02. The summed E-state index contributed by atoms with van der Waals surface area (Å²) >= 11 is 0. The molecule has 1 aromatic carbocycles. The number of allylic oxidation sites excluding steroid dienone is 1. The van der Waals surface area contributed by atoms with Crippen molar-refractivity contribution in [3.05, 3.63) is 47.5 Å². The molecule has 0 fully saturated rings. The number of esters is 1. The molecule has 21 heavy (non-hydrogen) atoms. The van der Waals surface area contributed by atoms with Crippen LogP contribution in [0.25, 0.3) is 0 Å². The van der Waals surface area contributed by atoms with E-state index in [0.717, 1.165) is 12.8 Å². The van der Waals surface area contributed by atoms with Crippen LogP contribution in [0.5, 0.6) is 0 Å². The second kappa shape index (κ2) is 6.12. The molecule has 0 spiro atoms. The number of carboxylic acids is 1. The number of aromatic carboxylic acids is 1. The molecule has 0 amide bonds. The van der Waals surface area contributed by atoms with Crippen molar-refractivity contribution < 1.29 is 19.4 Å². The highest BCUT2D eigenvalue weighted by atomic mass is 16.5. The lowest BCUT2D eigenvalue weighted by molar-refractivity contribution is 0.0424. The first kappa shape index (κ1) is 15.3. The van der Waals surface area contributed by atoms with Crippen LogP contribution in [0.2, 0.25) is 0 Å². The van der Waals surface area contributed by atoms with E-state index in [1.165, 1.54) is 12.1 Å². The molecule has 0 aliphatic heterocycles. The fourth-order valence-corrected chi connectivity index (χ4v) is 2.66. The number of benzene rings is 1. The molecule has 1 aliphatic carbocycles. The Hall–Kier alpha value is -2.10. The Morgan fingerprint density at radius 3 is 2.57 bits per heavy atom. The van der Waals surface area contributed by atoms with E-state index < -0.39 is 11.9 Å². The van der Waals surface area contributed by atoms with E-state index in [4.69, 9.17) is 9.84 Å². The van der Waals surface area contributed by atoms with Crippen molar-refractivity contribution in [1.82, 2.24) is 0 Å². The lowest BCUT2D eigenvalue weighted by atomic mass is 9.76.